The van der Waals surface area contributed by atoms with Crippen LogP contribution in [0.15, 0.2) is 0 Å². The van der Waals surface area contributed by atoms with Crippen molar-refractivity contribution in [3.05, 3.63) is 17.0 Å². The lowest BCUT2D eigenvalue weighted by Gasteiger charge is -2.14. The summed E-state index contributed by atoms with van der Waals surface area (Å²) < 4.78 is 1.88. The van der Waals surface area contributed by atoms with Crippen LogP contribution in [0.25, 0.3) is 0 Å². The molecule has 1 heterocycles. The summed E-state index contributed by atoms with van der Waals surface area (Å²) in [6, 6.07) is -0.157. The Balaban J connectivity index is 2.41. The highest BCUT2D eigenvalue weighted by atomic mass is 16.3. The second-order valence-corrected chi connectivity index (χ2v) is 5.18. The molecule has 100 valence electrons. The van der Waals surface area contributed by atoms with E-state index in [-0.39, 0.29) is 18.4 Å². The fourth-order valence-corrected chi connectivity index (χ4v) is 2.62. The number of carbonyl (C=O) groups is 1. The van der Waals surface area contributed by atoms with Crippen LogP contribution in [-0.2, 0) is 11.2 Å². The largest absolute Gasteiger partial charge is 0.396 e. The number of aliphatic hydroxyl groups is 1. The Morgan fingerprint density at radius 1 is 1.56 bits per heavy atom. The second-order valence-electron chi connectivity index (χ2n) is 5.18. The Kier molecular flexibility index (Phi) is 3.85. The second kappa shape index (κ2) is 5.22. The lowest BCUT2D eigenvalue weighted by Crippen LogP contribution is -2.19. The Morgan fingerprint density at radius 3 is 2.67 bits per heavy atom. The van der Waals surface area contributed by atoms with E-state index in [0.717, 1.165) is 23.4 Å². The Bertz CT molecular complexity index is 447. The summed E-state index contributed by atoms with van der Waals surface area (Å²) in [4.78, 5) is 11.7. The van der Waals surface area contributed by atoms with E-state index in [4.69, 9.17) is 0 Å². The van der Waals surface area contributed by atoms with Gasteiger partial charge in [-0.2, -0.15) is 5.10 Å². The summed E-state index contributed by atoms with van der Waals surface area (Å²) in [5.41, 5.74) is 3.31. The van der Waals surface area contributed by atoms with Gasteiger partial charge in [0.1, 0.15) is 6.04 Å². The van der Waals surface area contributed by atoms with E-state index < -0.39 is 0 Å². The molecule has 1 atom stereocenters. The maximum Gasteiger partial charge on any atom is 0.154 e. The van der Waals surface area contributed by atoms with Crippen molar-refractivity contribution in [2.75, 3.05) is 6.61 Å². The molecule has 0 spiro atoms. The van der Waals surface area contributed by atoms with Crippen molar-refractivity contribution in [1.82, 2.24) is 9.78 Å². The van der Waals surface area contributed by atoms with E-state index in [1.165, 1.54) is 12.8 Å². The average Bonchev–Trinajstić information content (AvgIpc) is 3.11. The van der Waals surface area contributed by atoms with Crippen molar-refractivity contribution >= 4 is 5.78 Å². The van der Waals surface area contributed by atoms with Gasteiger partial charge in [0.25, 0.3) is 0 Å². The maximum absolute atomic E-state index is 11.7. The van der Waals surface area contributed by atoms with Gasteiger partial charge in [-0.15, -0.1) is 0 Å². The van der Waals surface area contributed by atoms with Crippen LogP contribution < -0.4 is 0 Å². The quantitative estimate of drug-likeness (QED) is 0.841. The molecule has 0 aromatic carbocycles. The molecular weight excluding hydrogens is 228 g/mol. The van der Waals surface area contributed by atoms with Crippen LogP contribution in [0, 0.1) is 6.92 Å². The van der Waals surface area contributed by atoms with Crippen LogP contribution in [-0.4, -0.2) is 27.3 Å². The van der Waals surface area contributed by atoms with Gasteiger partial charge in [0.05, 0.1) is 5.69 Å². The molecule has 1 unspecified atom stereocenters. The molecule has 1 aliphatic rings. The minimum absolute atomic E-state index is 0.142. The van der Waals surface area contributed by atoms with Crippen molar-refractivity contribution in [1.29, 1.82) is 0 Å². The van der Waals surface area contributed by atoms with Crippen LogP contribution in [0.2, 0.25) is 0 Å². The molecule has 2 rings (SSSR count). The third kappa shape index (κ3) is 2.34. The van der Waals surface area contributed by atoms with Crippen molar-refractivity contribution < 1.29 is 9.90 Å². The molecule has 1 aromatic heterocycles. The summed E-state index contributed by atoms with van der Waals surface area (Å²) in [6.45, 7) is 5.78. The van der Waals surface area contributed by atoms with E-state index in [9.17, 15) is 9.90 Å². The molecule has 0 radical (unpaired) electrons. The first-order valence-electron chi connectivity index (χ1n) is 6.79. The third-order valence-electron chi connectivity index (χ3n) is 3.78. The van der Waals surface area contributed by atoms with Crippen molar-refractivity contribution in [2.45, 2.75) is 58.4 Å². The van der Waals surface area contributed by atoms with Gasteiger partial charge in [-0.05, 0) is 45.1 Å². The van der Waals surface area contributed by atoms with Gasteiger partial charge in [-0.25, -0.2) is 0 Å². The third-order valence-corrected chi connectivity index (χ3v) is 3.78. The predicted molar refractivity (Wildman–Crippen MR) is 69.7 cm³/mol. The minimum Gasteiger partial charge on any atom is -0.396 e. The molecule has 1 N–H and O–H groups in total. The van der Waals surface area contributed by atoms with Gasteiger partial charge >= 0.3 is 0 Å². The summed E-state index contributed by atoms with van der Waals surface area (Å²) in [5.74, 6) is 0.706. The molecule has 0 amide bonds. The van der Waals surface area contributed by atoms with E-state index in [1.807, 2.05) is 18.5 Å². The maximum atomic E-state index is 11.7. The van der Waals surface area contributed by atoms with Gasteiger partial charge < -0.3 is 5.11 Å². The number of aromatic nitrogens is 2. The number of nitrogens with zero attached hydrogens (tertiary/aromatic N) is 2. The van der Waals surface area contributed by atoms with E-state index >= 15 is 0 Å². The molecular formula is C14H22N2O2. The van der Waals surface area contributed by atoms with Crippen molar-refractivity contribution in [3.8, 4) is 0 Å². The van der Waals surface area contributed by atoms with Gasteiger partial charge in [0, 0.05) is 18.2 Å². The first kappa shape index (κ1) is 13.3. The SMILES string of the molecule is CCC(C(C)=O)n1nc(C2CC2)c(CCO)c1C. The Labute approximate surface area is 108 Å². The number of hydrogen-bond acceptors (Lipinski definition) is 3. The first-order valence-corrected chi connectivity index (χ1v) is 6.79. The first-order chi connectivity index (χ1) is 8.60. The van der Waals surface area contributed by atoms with Crippen molar-refractivity contribution in [3.63, 3.8) is 0 Å². The molecule has 0 saturated heterocycles. The highest BCUT2D eigenvalue weighted by Crippen LogP contribution is 2.42. The van der Waals surface area contributed by atoms with Gasteiger partial charge in [-0.3, -0.25) is 9.48 Å². The zero-order chi connectivity index (χ0) is 13.3. The highest BCUT2D eigenvalue weighted by molar-refractivity contribution is 5.79. The Hall–Kier alpha value is -1.16. The smallest absolute Gasteiger partial charge is 0.154 e. The normalized spacial score (nSPS) is 16.9. The molecule has 1 aromatic rings. The van der Waals surface area contributed by atoms with Crippen LogP contribution >= 0.6 is 0 Å². The lowest BCUT2D eigenvalue weighted by molar-refractivity contribution is -0.120. The van der Waals surface area contributed by atoms with Gasteiger partial charge in [0.2, 0.25) is 0 Å². The number of ketones is 1. The van der Waals surface area contributed by atoms with E-state index in [1.54, 1.807) is 6.92 Å². The van der Waals surface area contributed by atoms with Crippen LogP contribution in [0.4, 0.5) is 0 Å². The van der Waals surface area contributed by atoms with Gasteiger partial charge in [0.15, 0.2) is 5.78 Å². The van der Waals surface area contributed by atoms with E-state index in [2.05, 4.69) is 5.10 Å². The molecule has 1 aliphatic carbocycles. The molecule has 1 fully saturated rings. The highest BCUT2D eigenvalue weighted by Gasteiger charge is 2.32. The topological polar surface area (TPSA) is 55.1 Å². The fraction of sp³-hybridized carbons (Fsp3) is 0.714. The summed E-state index contributed by atoms with van der Waals surface area (Å²) >= 11 is 0. The predicted octanol–water partition coefficient (Wildman–Crippen LogP) is 2.14. The molecule has 0 aliphatic heterocycles. The zero-order valence-corrected chi connectivity index (χ0v) is 11.4. The summed E-state index contributed by atoms with van der Waals surface area (Å²) in [7, 11) is 0. The number of carbonyl (C=O) groups excluding carboxylic acids is 1. The standard InChI is InChI=1S/C14H22N2O2/c1-4-13(10(3)18)16-9(2)12(7-8-17)14(15-16)11-5-6-11/h11,13,17H,4-8H2,1-3H3. The van der Waals surface area contributed by atoms with Gasteiger partial charge in [-0.1, -0.05) is 6.92 Å². The average molecular weight is 250 g/mol. The molecule has 1 saturated carbocycles. The molecule has 18 heavy (non-hydrogen) atoms. The Morgan fingerprint density at radius 2 is 2.22 bits per heavy atom. The lowest BCUT2D eigenvalue weighted by atomic mass is 10.1. The minimum atomic E-state index is -0.157. The van der Waals surface area contributed by atoms with Crippen LogP contribution in [0.5, 0.6) is 0 Å². The number of Topliss-reactive ketones (excluding diaryl/α,β-unsaturated/α-hetero) is 1. The number of aliphatic hydroxyl groups excluding tert-OH is 1. The zero-order valence-electron chi connectivity index (χ0n) is 11.4. The van der Waals surface area contributed by atoms with E-state index in [0.29, 0.717) is 12.3 Å². The molecule has 4 nitrogen and oxygen atoms in total. The number of hydrogen-bond donors (Lipinski definition) is 1. The monoisotopic (exact) mass is 250 g/mol. The fourth-order valence-electron chi connectivity index (χ4n) is 2.62. The summed E-state index contributed by atoms with van der Waals surface area (Å²) in [6.07, 6.45) is 3.78. The van der Waals surface area contributed by atoms with Crippen molar-refractivity contribution in [2.24, 2.45) is 0 Å². The molecule has 4 heteroatoms. The summed E-state index contributed by atoms with van der Waals surface area (Å²) in [5, 5.41) is 13.8. The van der Waals surface area contributed by atoms with Crippen LogP contribution in [0.3, 0.4) is 0 Å². The van der Waals surface area contributed by atoms with Crippen LogP contribution in [0.1, 0.15) is 62.0 Å². The molecule has 0 bridgehead atoms. The number of rotatable bonds is 6.